The third kappa shape index (κ3) is 10.1. The van der Waals surface area contributed by atoms with Gasteiger partial charge in [-0.05, 0) is 37.2 Å². The Morgan fingerprint density at radius 2 is 1.83 bits per heavy atom. The fourth-order valence-corrected chi connectivity index (χ4v) is 1.96. The van der Waals surface area contributed by atoms with E-state index < -0.39 is 21.2 Å². The van der Waals surface area contributed by atoms with Gasteiger partial charge in [-0.3, -0.25) is 9.00 Å². The molecule has 1 N–H and O–H groups in total. The van der Waals surface area contributed by atoms with E-state index in [0.717, 1.165) is 0 Å². The molecule has 0 rings (SSSR count). The maximum Gasteiger partial charge on any atom is 0.407 e. The van der Waals surface area contributed by atoms with Crippen LogP contribution in [0.4, 0.5) is 4.79 Å². The first kappa shape index (κ1) is 17.0. The van der Waals surface area contributed by atoms with Crippen molar-refractivity contribution in [3.05, 3.63) is 0 Å². The highest BCUT2D eigenvalue weighted by molar-refractivity contribution is 8.01. The van der Waals surface area contributed by atoms with Crippen LogP contribution in [0.2, 0.25) is 0 Å². The average Bonchev–Trinajstić information content (AvgIpc) is 1.92. The number of hydrogen-bond donors (Lipinski definition) is 1. The lowest BCUT2D eigenvalue weighted by Gasteiger charge is -2.21. The van der Waals surface area contributed by atoms with Crippen molar-refractivity contribution in [2.45, 2.75) is 45.8 Å². The summed E-state index contributed by atoms with van der Waals surface area (Å²) in [5, 5.41) is 3.77. The number of rotatable bonds is 4. The van der Waals surface area contributed by atoms with Crippen LogP contribution in [0.1, 0.15) is 34.1 Å². The molecule has 1 atom stereocenters. The molecule has 0 saturated carbocycles. The molecule has 6 heteroatoms. The van der Waals surface area contributed by atoms with E-state index in [0.29, 0.717) is 0 Å². The predicted octanol–water partition coefficient (Wildman–Crippen LogP) is 1.21. The number of ketones is 1. The van der Waals surface area contributed by atoms with E-state index in [4.69, 9.17) is 4.74 Å². The minimum Gasteiger partial charge on any atom is -0.444 e. The van der Waals surface area contributed by atoms with E-state index in [9.17, 15) is 13.8 Å². The lowest BCUT2D eigenvalue weighted by atomic mass is 10.2. The van der Waals surface area contributed by atoms with Gasteiger partial charge in [0.15, 0.2) is 5.78 Å². The van der Waals surface area contributed by atoms with Gasteiger partial charge in [-0.25, -0.2) is 4.79 Å². The summed E-state index contributed by atoms with van der Waals surface area (Å²) in [6.45, 7) is 6.99. The van der Waals surface area contributed by atoms with Crippen molar-refractivity contribution in [1.82, 2.24) is 5.32 Å². The Labute approximate surface area is 109 Å². The van der Waals surface area contributed by atoms with Gasteiger partial charge in [-0.2, -0.15) is 0 Å². The first-order valence-corrected chi connectivity index (χ1v) is 8.14. The Bertz CT molecular complexity index is 420. The van der Waals surface area contributed by atoms with Gasteiger partial charge in [0.2, 0.25) is 0 Å². The van der Waals surface area contributed by atoms with Crippen molar-refractivity contribution < 1.29 is 18.5 Å². The van der Waals surface area contributed by atoms with Crippen LogP contribution in [0.15, 0.2) is 0 Å². The number of ether oxygens (including phenoxy) is 1. The van der Waals surface area contributed by atoms with Crippen LogP contribution in [0.5, 0.6) is 0 Å². The van der Waals surface area contributed by atoms with Crippen LogP contribution >= 0.6 is 0 Å². The molecule has 0 aromatic heterocycles. The summed E-state index contributed by atoms with van der Waals surface area (Å²) in [6, 6.07) is -0.356. The molecular formula is C12H23NO4S. The highest BCUT2D eigenvalue weighted by Crippen LogP contribution is 2.07. The molecule has 1 amide bonds. The van der Waals surface area contributed by atoms with Gasteiger partial charge >= 0.3 is 6.09 Å². The summed E-state index contributed by atoms with van der Waals surface area (Å²) in [4.78, 5) is 22.9. The van der Waals surface area contributed by atoms with E-state index in [1.165, 1.54) is 17.9 Å². The summed E-state index contributed by atoms with van der Waals surface area (Å²) >= 11 is 0. The van der Waals surface area contributed by atoms with Gasteiger partial charge in [0.25, 0.3) is 0 Å². The number of hydrogen-bond acceptors (Lipinski definition) is 4. The Kier molecular flexibility index (Phi) is 5.86. The number of carbonyl (C=O) groups is 2. The highest BCUT2D eigenvalue weighted by atomic mass is 32.2. The lowest BCUT2D eigenvalue weighted by molar-refractivity contribution is -0.112. The van der Waals surface area contributed by atoms with Crippen molar-refractivity contribution in [3.8, 4) is 0 Å². The minimum atomic E-state index is -2.19. The summed E-state index contributed by atoms with van der Waals surface area (Å²) in [5.41, 5.74) is -0.568. The Morgan fingerprint density at radius 1 is 1.33 bits per heavy atom. The Hall–Kier alpha value is -1.04. The summed E-state index contributed by atoms with van der Waals surface area (Å²) in [6.07, 6.45) is 2.54. The normalized spacial score (nSPS) is 13.7. The van der Waals surface area contributed by atoms with Crippen molar-refractivity contribution in [2.24, 2.45) is 0 Å². The third-order valence-electron chi connectivity index (χ3n) is 1.69. The average molecular weight is 277 g/mol. The number of Topliss-reactive ketones (excluding diaryl/α,β-unsaturated/α-hetero) is 1. The quantitative estimate of drug-likeness (QED) is 0.784. The molecule has 0 aliphatic heterocycles. The number of carbonyl (C=O) groups excluding carboxylic acids is 2. The number of amides is 1. The predicted molar refractivity (Wildman–Crippen MR) is 74.5 cm³/mol. The smallest absolute Gasteiger partial charge is 0.407 e. The third-order valence-corrected chi connectivity index (χ3v) is 2.52. The van der Waals surface area contributed by atoms with Crippen molar-refractivity contribution in [2.75, 3.05) is 12.5 Å². The van der Waals surface area contributed by atoms with Crippen LogP contribution < -0.4 is 5.32 Å². The molecule has 5 nitrogen and oxygen atoms in total. The molecule has 0 saturated heterocycles. The minimum absolute atomic E-state index is 0.109. The van der Waals surface area contributed by atoms with Gasteiger partial charge < -0.3 is 10.1 Å². The Balaban J connectivity index is 4.29. The summed E-state index contributed by atoms with van der Waals surface area (Å²) in [5.74, 6) is -0.242. The standard InChI is InChI=1S/C12H23NO4S/c1-9(7-10(14)8-18(5,6)16)13-11(15)17-12(2,3)4/h8-9H,7H2,1-6H3,(H,13,15)/t9-/m1/s1. The molecule has 0 unspecified atom stereocenters. The molecule has 0 spiro atoms. The van der Waals surface area contributed by atoms with E-state index in [2.05, 4.69) is 5.32 Å². The second kappa shape index (κ2) is 6.22. The first-order chi connectivity index (χ1) is 7.89. The van der Waals surface area contributed by atoms with E-state index in [1.54, 1.807) is 27.7 Å². The zero-order chi connectivity index (χ0) is 14.6. The molecule has 18 heavy (non-hydrogen) atoms. The molecule has 0 heterocycles. The summed E-state index contributed by atoms with van der Waals surface area (Å²) in [7, 11) is -2.19. The Morgan fingerprint density at radius 3 is 2.22 bits per heavy atom. The number of alkyl carbamates (subject to hydrolysis) is 1. The van der Waals surface area contributed by atoms with Crippen molar-refractivity contribution in [3.63, 3.8) is 0 Å². The fraction of sp³-hybridized carbons (Fsp3) is 0.750. The van der Waals surface area contributed by atoms with Gasteiger partial charge in [0.1, 0.15) is 5.60 Å². The van der Waals surface area contributed by atoms with Gasteiger partial charge in [0.05, 0.1) is 0 Å². The maximum absolute atomic E-state index is 11.5. The van der Waals surface area contributed by atoms with Gasteiger partial charge in [-0.1, -0.05) is 0 Å². The SMILES string of the molecule is C[C@H](CC(=O)C=S(C)(C)=O)NC(=O)OC(C)(C)C. The summed E-state index contributed by atoms with van der Waals surface area (Å²) < 4.78 is 16.5. The van der Waals surface area contributed by atoms with Crippen LogP contribution in [0, 0.1) is 0 Å². The zero-order valence-corrected chi connectivity index (χ0v) is 12.7. The molecule has 0 aliphatic rings. The first-order valence-electron chi connectivity index (χ1n) is 5.70. The molecule has 0 aromatic carbocycles. The largest absolute Gasteiger partial charge is 0.444 e. The number of nitrogens with one attached hydrogen (secondary N) is 1. The molecule has 0 fully saturated rings. The van der Waals surface area contributed by atoms with Crippen LogP contribution in [0.25, 0.3) is 0 Å². The van der Waals surface area contributed by atoms with Crippen molar-refractivity contribution in [1.29, 1.82) is 0 Å². The highest BCUT2D eigenvalue weighted by Gasteiger charge is 2.18. The molecule has 0 radical (unpaired) electrons. The fourth-order valence-electron chi connectivity index (χ4n) is 1.23. The van der Waals surface area contributed by atoms with E-state index >= 15 is 0 Å². The van der Waals surface area contributed by atoms with Crippen molar-refractivity contribution >= 4 is 26.8 Å². The molecular weight excluding hydrogens is 254 g/mol. The molecule has 106 valence electrons. The monoisotopic (exact) mass is 277 g/mol. The van der Waals surface area contributed by atoms with E-state index in [1.807, 2.05) is 0 Å². The second-order valence-corrected chi connectivity index (χ2v) is 8.50. The zero-order valence-electron chi connectivity index (χ0n) is 11.9. The molecule has 0 bridgehead atoms. The van der Waals surface area contributed by atoms with Gasteiger partial charge in [0, 0.05) is 30.3 Å². The molecule has 0 aliphatic carbocycles. The van der Waals surface area contributed by atoms with E-state index in [-0.39, 0.29) is 18.2 Å². The van der Waals surface area contributed by atoms with Crippen LogP contribution in [-0.2, 0) is 19.1 Å². The van der Waals surface area contributed by atoms with Crippen LogP contribution in [-0.4, -0.2) is 45.6 Å². The van der Waals surface area contributed by atoms with Crippen LogP contribution in [0.3, 0.4) is 0 Å². The van der Waals surface area contributed by atoms with Gasteiger partial charge in [-0.15, -0.1) is 0 Å². The topological polar surface area (TPSA) is 72.5 Å². The lowest BCUT2D eigenvalue weighted by Crippen LogP contribution is -2.38. The maximum atomic E-state index is 11.5. The molecule has 0 aromatic rings. The second-order valence-electron chi connectivity index (χ2n) is 5.64.